The SMILES string of the molecule is CCCOc1ccc(C(=O)NNC(=O)c2cc(OC)ccc2OC)cc1OC. The van der Waals surface area contributed by atoms with Gasteiger partial charge in [0.1, 0.15) is 11.5 Å². The predicted molar refractivity (Wildman–Crippen MR) is 103 cm³/mol. The molecule has 0 bridgehead atoms. The van der Waals surface area contributed by atoms with Crippen LogP contribution in [0.1, 0.15) is 34.1 Å². The molecule has 0 aromatic heterocycles. The third kappa shape index (κ3) is 5.06. The van der Waals surface area contributed by atoms with E-state index in [2.05, 4.69) is 10.9 Å². The number of hydrogen-bond acceptors (Lipinski definition) is 6. The summed E-state index contributed by atoms with van der Waals surface area (Å²) in [5.41, 5.74) is 5.26. The fourth-order valence-corrected chi connectivity index (χ4v) is 2.38. The molecule has 0 heterocycles. The average molecular weight is 388 g/mol. The molecule has 8 heteroatoms. The van der Waals surface area contributed by atoms with E-state index in [0.717, 1.165) is 6.42 Å². The van der Waals surface area contributed by atoms with Crippen LogP contribution in [0.15, 0.2) is 36.4 Å². The minimum Gasteiger partial charge on any atom is -0.497 e. The van der Waals surface area contributed by atoms with E-state index in [4.69, 9.17) is 18.9 Å². The smallest absolute Gasteiger partial charge is 0.273 e. The van der Waals surface area contributed by atoms with Crippen molar-refractivity contribution in [3.8, 4) is 23.0 Å². The molecule has 2 aromatic rings. The van der Waals surface area contributed by atoms with Gasteiger partial charge >= 0.3 is 0 Å². The Bertz CT molecular complexity index is 837. The number of carbonyl (C=O) groups excluding carboxylic acids is 2. The Morgan fingerprint density at radius 1 is 0.821 bits per heavy atom. The molecule has 0 radical (unpaired) electrons. The van der Waals surface area contributed by atoms with Crippen molar-refractivity contribution in [2.45, 2.75) is 13.3 Å². The molecule has 0 atom stereocenters. The Morgan fingerprint density at radius 3 is 2.14 bits per heavy atom. The first-order valence-corrected chi connectivity index (χ1v) is 8.67. The van der Waals surface area contributed by atoms with Crippen molar-refractivity contribution in [2.75, 3.05) is 27.9 Å². The second kappa shape index (κ2) is 10.1. The molecule has 2 aromatic carbocycles. The number of hydrazine groups is 1. The van der Waals surface area contributed by atoms with Crippen LogP contribution in [-0.4, -0.2) is 39.8 Å². The van der Waals surface area contributed by atoms with Crippen molar-refractivity contribution < 1.29 is 28.5 Å². The second-order valence-corrected chi connectivity index (χ2v) is 5.69. The average Bonchev–Trinajstić information content (AvgIpc) is 2.74. The summed E-state index contributed by atoms with van der Waals surface area (Å²) < 4.78 is 21.1. The number of hydrogen-bond donors (Lipinski definition) is 2. The van der Waals surface area contributed by atoms with Crippen LogP contribution in [0.4, 0.5) is 0 Å². The molecule has 0 aliphatic heterocycles. The van der Waals surface area contributed by atoms with Gasteiger partial charge < -0.3 is 18.9 Å². The van der Waals surface area contributed by atoms with Gasteiger partial charge in [-0.05, 0) is 42.8 Å². The Hall–Kier alpha value is -3.42. The molecular weight excluding hydrogens is 364 g/mol. The summed E-state index contributed by atoms with van der Waals surface area (Å²) in [6, 6.07) is 9.57. The predicted octanol–water partition coefficient (Wildman–Crippen LogP) is 2.58. The molecule has 0 unspecified atom stereocenters. The van der Waals surface area contributed by atoms with Crippen molar-refractivity contribution in [1.29, 1.82) is 0 Å². The second-order valence-electron chi connectivity index (χ2n) is 5.69. The van der Waals surface area contributed by atoms with E-state index in [1.165, 1.54) is 27.4 Å². The van der Waals surface area contributed by atoms with Crippen molar-refractivity contribution in [3.05, 3.63) is 47.5 Å². The molecule has 2 amide bonds. The minimum absolute atomic E-state index is 0.225. The van der Waals surface area contributed by atoms with Crippen LogP contribution in [0.25, 0.3) is 0 Å². The number of nitrogens with one attached hydrogen (secondary N) is 2. The maximum absolute atomic E-state index is 12.4. The van der Waals surface area contributed by atoms with Crippen LogP contribution < -0.4 is 29.8 Å². The zero-order valence-electron chi connectivity index (χ0n) is 16.3. The Balaban J connectivity index is 2.08. The number of benzene rings is 2. The molecular formula is C20H24N2O6. The first kappa shape index (κ1) is 20.9. The van der Waals surface area contributed by atoms with E-state index in [0.29, 0.717) is 35.2 Å². The molecule has 28 heavy (non-hydrogen) atoms. The normalized spacial score (nSPS) is 10.0. The van der Waals surface area contributed by atoms with Crippen LogP contribution in [0, 0.1) is 0 Å². The summed E-state index contributed by atoms with van der Waals surface area (Å²) in [5.74, 6) is 0.777. The van der Waals surface area contributed by atoms with Gasteiger partial charge in [0.15, 0.2) is 11.5 Å². The van der Waals surface area contributed by atoms with Crippen LogP contribution >= 0.6 is 0 Å². The monoisotopic (exact) mass is 388 g/mol. The van der Waals surface area contributed by atoms with Gasteiger partial charge in [-0.1, -0.05) is 6.92 Å². The van der Waals surface area contributed by atoms with Gasteiger partial charge in [-0.15, -0.1) is 0 Å². The topological polar surface area (TPSA) is 95.1 Å². The fourth-order valence-electron chi connectivity index (χ4n) is 2.38. The van der Waals surface area contributed by atoms with Crippen LogP contribution in [0.2, 0.25) is 0 Å². The van der Waals surface area contributed by atoms with Crippen LogP contribution in [0.3, 0.4) is 0 Å². The zero-order valence-corrected chi connectivity index (χ0v) is 16.3. The van der Waals surface area contributed by atoms with E-state index < -0.39 is 11.8 Å². The zero-order chi connectivity index (χ0) is 20.5. The molecule has 2 N–H and O–H groups in total. The maximum Gasteiger partial charge on any atom is 0.273 e. The summed E-state index contributed by atoms with van der Waals surface area (Å²) in [6.45, 7) is 2.54. The highest BCUT2D eigenvalue weighted by Gasteiger charge is 2.16. The summed E-state index contributed by atoms with van der Waals surface area (Å²) >= 11 is 0. The minimum atomic E-state index is -0.543. The first-order valence-electron chi connectivity index (χ1n) is 8.67. The number of ether oxygens (including phenoxy) is 4. The number of methoxy groups -OCH3 is 3. The van der Waals surface area contributed by atoms with E-state index in [1.807, 2.05) is 6.92 Å². The molecule has 0 aliphatic carbocycles. The third-order valence-corrected chi connectivity index (χ3v) is 3.83. The summed E-state index contributed by atoms with van der Waals surface area (Å²) in [7, 11) is 4.44. The van der Waals surface area contributed by atoms with Gasteiger partial charge in [0.05, 0.1) is 33.5 Å². The van der Waals surface area contributed by atoms with Gasteiger partial charge in [-0.25, -0.2) is 0 Å². The van der Waals surface area contributed by atoms with Crippen LogP contribution in [-0.2, 0) is 0 Å². The standard InChI is InChI=1S/C20H24N2O6/c1-5-10-28-17-8-6-13(11-18(17)27-4)19(23)21-22-20(24)15-12-14(25-2)7-9-16(15)26-3/h6-9,11-12H,5,10H2,1-4H3,(H,21,23)(H,22,24). The highest BCUT2D eigenvalue weighted by molar-refractivity contribution is 6.01. The lowest BCUT2D eigenvalue weighted by Gasteiger charge is -2.13. The van der Waals surface area contributed by atoms with Gasteiger partial charge in [0, 0.05) is 5.56 Å². The summed E-state index contributed by atoms with van der Waals surface area (Å²) in [4.78, 5) is 24.8. The highest BCUT2D eigenvalue weighted by Crippen LogP contribution is 2.28. The molecule has 2 rings (SSSR count). The quantitative estimate of drug-likeness (QED) is 0.675. The lowest BCUT2D eigenvalue weighted by Crippen LogP contribution is -2.41. The number of rotatable bonds is 8. The number of carbonyl (C=O) groups is 2. The molecule has 150 valence electrons. The van der Waals surface area contributed by atoms with Gasteiger partial charge in [-0.2, -0.15) is 0 Å². The van der Waals surface area contributed by atoms with E-state index in [9.17, 15) is 9.59 Å². The molecule has 0 aliphatic rings. The fraction of sp³-hybridized carbons (Fsp3) is 0.300. The molecule has 0 saturated heterocycles. The van der Waals surface area contributed by atoms with E-state index in [1.54, 1.807) is 30.3 Å². The van der Waals surface area contributed by atoms with Crippen LogP contribution in [0.5, 0.6) is 23.0 Å². The highest BCUT2D eigenvalue weighted by atomic mass is 16.5. The summed E-state index contributed by atoms with van der Waals surface area (Å²) in [5, 5.41) is 0. The number of amides is 2. The molecule has 8 nitrogen and oxygen atoms in total. The maximum atomic E-state index is 12.4. The molecule has 0 spiro atoms. The van der Waals surface area contributed by atoms with Crippen molar-refractivity contribution in [3.63, 3.8) is 0 Å². The van der Waals surface area contributed by atoms with E-state index in [-0.39, 0.29) is 5.56 Å². The van der Waals surface area contributed by atoms with Gasteiger partial charge in [0.2, 0.25) is 0 Å². The van der Waals surface area contributed by atoms with Crippen molar-refractivity contribution >= 4 is 11.8 Å². The Labute approximate surface area is 163 Å². The summed E-state index contributed by atoms with van der Waals surface area (Å²) in [6.07, 6.45) is 0.852. The lowest BCUT2D eigenvalue weighted by molar-refractivity contribution is 0.0844. The van der Waals surface area contributed by atoms with Crippen molar-refractivity contribution in [2.24, 2.45) is 0 Å². The third-order valence-electron chi connectivity index (χ3n) is 3.83. The first-order chi connectivity index (χ1) is 13.5. The van der Waals surface area contributed by atoms with Crippen molar-refractivity contribution in [1.82, 2.24) is 10.9 Å². The Kier molecular flexibility index (Phi) is 7.50. The lowest BCUT2D eigenvalue weighted by atomic mass is 10.1. The largest absolute Gasteiger partial charge is 0.497 e. The van der Waals surface area contributed by atoms with Gasteiger partial charge in [-0.3, -0.25) is 20.4 Å². The molecule has 0 saturated carbocycles. The Morgan fingerprint density at radius 2 is 1.50 bits per heavy atom. The van der Waals surface area contributed by atoms with E-state index >= 15 is 0 Å². The molecule has 0 fully saturated rings. The van der Waals surface area contributed by atoms with Gasteiger partial charge in [0.25, 0.3) is 11.8 Å².